The fraction of sp³-hybridized carbons (Fsp3) is 0.529. The highest BCUT2D eigenvalue weighted by molar-refractivity contribution is 7.81. The molecule has 3 aliphatic rings. The fourth-order valence-electron chi connectivity index (χ4n) is 5.58. The molecule has 2 saturated heterocycles. The molecule has 0 amide bonds. The van der Waals surface area contributed by atoms with Crippen molar-refractivity contribution in [2.24, 2.45) is 10.1 Å². The number of hydrogen-bond acceptors (Lipinski definition) is 24. The van der Waals surface area contributed by atoms with Crippen molar-refractivity contribution >= 4 is 115 Å². The molecule has 6 rings (SSSR count). The third kappa shape index (κ3) is 20.6. The van der Waals surface area contributed by atoms with Crippen molar-refractivity contribution in [1.82, 2.24) is 24.8 Å². The molecule has 32 heteroatoms. The molecule has 2 fully saturated rings. The highest BCUT2D eigenvalue weighted by Crippen LogP contribution is 2.31. The largest absolute Gasteiger partial charge is 0.726 e. The molecule has 376 valence electrons. The molecule has 15 N–H and O–H groups in total. The van der Waals surface area contributed by atoms with Crippen LogP contribution in [-0.2, 0) is 35.7 Å². The van der Waals surface area contributed by atoms with E-state index >= 15 is 0 Å². The van der Waals surface area contributed by atoms with Gasteiger partial charge in [0.25, 0.3) is 0 Å². The van der Waals surface area contributed by atoms with E-state index in [0.717, 1.165) is 81.4 Å². The van der Waals surface area contributed by atoms with Crippen LogP contribution in [0.2, 0.25) is 0 Å². The first-order valence-electron chi connectivity index (χ1n) is 19.2. The number of β-amino-alcohol motifs (C(OH)–C–C–N with tert-alkyl or cyclic N) is 1. The van der Waals surface area contributed by atoms with Crippen molar-refractivity contribution < 1.29 is 53.5 Å². The first-order chi connectivity index (χ1) is 29.7. The van der Waals surface area contributed by atoms with Gasteiger partial charge in [-0.2, -0.15) is 10.2 Å². The van der Waals surface area contributed by atoms with Crippen LogP contribution in [-0.4, -0.2) is 202 Å². The zero-order valence-corrected chi connectivity index (χ0v) is 40.8. The Labute approximate surface area is 397 Å². The van der Waals surface area contributed by atoms with Crippen LogP contribution < -0.4 is 44.2 Å². The maximum Gasteiger partial charge on any atom is 0.217 e. The van der Waals surface area contributed by atoms with E-state index in [9.17, 15) is 25.9 Å². The highest BCUT2D eigenvalue weighted by Gasteiger charge is 2.28. The van der Waals surface area contributed by atoms with E-state index in [1.165, 1.54) is 22.1 Å². The van der Waals surface area contributed by atoms with Crippen molar-refractivity contribution in [3.8, 4) is 0 Å². The molecule has 3 aromatic rings. The number of piperazine rings is 2. The number of aliphatic hydroxyl groups is 2. The Morgan fingerprint density at radius 1 is 0.742 bits per heavy atom. The monoisotopic (exact) mass is 1020 g/mol. The van der Waals surface area contributed by atoms with Crippen LogP contribution in [0.3, 0.4) is 0 Å². The highest BCUT2D eigenvalue weighted by atomic mass is 35.5. The molecule has 0 bridgehead atoms. The lowest BCUT2D eigenvalue weighted by Crippen LogP contribution is -2.55. The quantitative estimate of drug-likeness (QED) is 0.0618. The molecule has 0 atom stereocenters. The number of aliphatic imine (C=N–C) groups is 1. The number of hydrazone groups is 1. The number of halogens is 2. The molecule has 66 heavy (non-hydrogen) atoms. The normalized spacial score (nSPS) is 16.7. The van der Waals surface area contributed by atoms with E-state index in [4.69, 9.17) is 50.0 Å². The summed E-state index contributed by atoms with van der Waals surface area (Å²) in [6.07, 6.45) is 4.60. The summed E-state index contributed by atoms with van der Waals surface area (Å²) in [6.45, 7) is 8.49. The number of anilines is 8. The van der Waals surface area contributed by atoms with Gasteiger partial charge in [-0.05, 0) is 12.1 Å². The number of amidine groups is 1. The van der Waals surface area contributed by atoms with E-state index in [-0.39, 0.29) is 50.4 Å². The number of rotatable bonds is 9. The first-order valence-corrected chi connectivity index (χ1v) is 21.8. The second-order valence-electron chi connectivity index (χ2n) is 15.3. The van der Waals surface area contributed by atoms with Gasteiger partial charge in [-0.25, -0.2) is 41.5 Å². The van der Waals surface area contributed by atoms with Gasteiger partial charge in [-0.1, -0.05) is 0 Å². The third-order valence-electron chi connectivity index (χ3n) is 9.44. The molecule has 28 nitrogen and oxygen atoms in total. The summed E-state index contributed by atoms with van der Waals surface area (Å²) < 4.78 is 65.5. The molecule has 0 saturated carbocycles. The second-order valence-corrected chi connectivity index (χ2v) is 17.6. The Morgan fingerprint density at radius 2 is 1.20 bits per heavy atom. The van der Waals surface area contributed by atoms with Gasteiger partial charge in [-0.15, -0.1) is 24.8 Å². The number of aromatic nitrogens is 4. The van der Waals surface area contributed by atoms with Gasteiger partial charge in [-0.3, -0.25) is 13.8 Å². The summed E-state index contributed by atoms with van der Waals surface area (Å²) in [5.41, 5.74) is 37.6. The number of aliphatic hydroxyl groups excluding tert-OH is 2. The molecule has 0 unspecified atom stereocenters. The smallest absolute Gasteiger partial charge is 0.217 e. The van der Waals surface area contributed by atoms with Crippen molar-refractivity contribution in [3.63, 3.8) is 0 Å². The molecule has 0 radical (unpaired) electrons. The van der Waals surface area contributed by atoms with Gasteiger partial charge in [0.15, 0.2) is 23.3 Å². The third-order valence-corrected chi connectivity index (χ3v) is 10.3. The van der Waals surface area contributed by atoms with Gasteiger partial charge >= 0.3 is 0 Å². The van der Waals surface area contributed by atoms with Crippen LogP contribution in [0.1, 0.15) is 0 Å². The zero-order valence-electron chi connectivity index (χ0n) is 37.5. The summed E-state index contributed by atoms with van der Waals surface area (Å²) in [5, 5.41) is 34.8. The zero-order chi connectivity index (χ0) is 48.6. The average molecular weight is 1020 g/mol. The molecule has 6 heterocycles. The molecule has 0 spiro atoms. The molecule has 3 aromatic heterocycles. The summed E-state index contributed by atoms with van der Waals surface area (Å²) in [6, 6.07) is 3.44. The number of pyridine rings is 2. The summed E-state index contributed by atoms with van der Waals surface area (Å²) in [7, 11) is 1.70. The minimum Gasteiger partial charge on any atom is -0.726 e. The van der Waals surface area contributed by atoms with E-state index in [1.54, 1.807) is 18.3 Å². The van der Waals surface area contributed by atoms with Crippen molar-refractivity contribution in [2.45, 2.75) is 6.54 Å². The van der Waals surface area contributed by atoms with Crippen LogP contribution in [0.25, 0.3) is 0 Å². The molecule has 0 aliphatic carbocycles. The molecule has 0 aromatic carbocycles. The van der Waals surface area contributed by atoms with Crippen molar-refractivity contribution in [1.29, 1.82) is 5.41 Å². The van der Waals surface area contributed by atoms with E-state index in [2.05, 4.69) is 71.5 Å². The Bertz CT molecular complexity index is 2250. The Morgan fingerprint density at radius 3 is 1.61 bits per heavy atom. The summed E-state index contributed by atoms with van der Waals surface area (Å²) >= 11 is 0. The van der Waals surface area contributed by atoms with Crippen LogP contribution in [0.15, 0.2) is 34.6 Å². The number of likely N-dealkylation sites (N-methyl/N-ethyl adjacent to an activating group) is 2. The average Bonchev–Trinajstić information content (AvgIpc) is 3.72. The lowest BCUT2D eigenvalue weighted by molar-refractivity contribution is -0.890. The summed E-state index contributed by atoms with van der Waals surface area (Å²) in [5.74, 6) is 2.39. The van der Waals surface area contributed by atoms with Crippen molar-refractivity contribution in [3.05, 3.63) is 24.5 Å². The topological polar surface area (TPSA) is 431 Å². The number of nitrogens with one attached hydrogen (secondary N) is 1. The van der Waals surface area contributed by atoms with Crippen LogP contribution in [0, 0.1) is 5.41 Å². The number of hydrogen-bond donors (Lipinski definition) is 9. The Hall–Kier alpha value is -5.12. The molecular weight excluding hydrogens is 956 g/mol. The predicted molar refractivity (Wildman–Crippen MR) is 257 cm³/mol. The fourth-order valence-corrected chi connectivity index (χ4v) is 5.58. The van der Waals surface area contributed by atoms with Crippen molar-refractivity contribution in [2.75, 3.05) is 159 Å². The van der Waals surface area contributed by atoms with E-state index in [0.29, 0.717) is 58.1 Å². The van der Waals surface area contributed by atoms with Gasteiger partial charge < -0.3 is 72.5 Å². The number of nitrogens with zero attached hydrogens (tertiary/aromatic N) is 11. The Kier molecular flexibility index (Phi) is 24.8. The predicted octanol–water partition coefficient (Wildman–Crippen LogP) is -2.30. The molecular formula is C34H64Cl2N18O10S2. The van der Waals surface area contributed by atoms with Crippen LogP contribution in [0.4, 0.5) is 51.7 Å². The lowest BCUT2D eigenvalue weighted by Gasteiger charge is -2.39. The van der Waals surface area contributed by atoms with Crippen LogP contribution >= 0.6 is 24.8 Å². The van der Waals surface area contributed by atoms with Gasteiger partial charge in [0.2, 0.25) is 20.8 Å². The first kappa shape index (κ1) is 60.9. The van der Waals surface area contributed by atoms with E-state index in [1.807, 2.05) is 0 Å². The minimum atomic E-state index is -4.41. The number of nitrogens with two attached hydrogens (primary N) is 6. The van der Waals surface area contributed by atoms with Crippen LogP contribution in [0.5, 0.6) is 0 Å². The van der Waals surface area contributed by atoms with Gasteiger partial charge in [0, 0.05) is 0 Å². The molecule has 3 aliphatic heterocycles. The van der Waals surface area contributed by atoms with E-state index < -0.39 is 20.8 Å². The second kappa shape index (κ2) is 26.9. The number of nitrogen functional groups attached to an aromatic ring is 6. The standard InChI is InChI=1S/C16H26N9O.C11H20N5.C5H10N4O.2CH4O4S.2ClH/c1-25(2)6-3-23(4-7-25)16-12(18)9-11(17)15(22-16)21-13-10-20-24(5-8-26)14(13)19;1-16(2)5-3-15(4-6-16)11-10(13)7-9(12)8-14-11;6-4-3-8-9(1-2-10)5(4)7;2*1-5-6(2,3)4;;/h9-10,19,26H,3-8,17-18H2,1-2H3;7-8H,3-6,12-13H2,1-2H3;3,10H,1-2,6-7H2;2*1H3,(H,2,3,4);2*1H/q2*+1;;;;;/p-2. The maximum atomic E-state index is 9.22. The minimum absolute atomic E-state index is 0. The van der Waals surface area contributed by atoms with Gasteiger partial charge in [0.05, 0.1) is 168 Å². The maximum absolute atomic E-state index is 9.22. The Balaban J connectivity index is 0.000000900. The number of quaternary nitrogens is 2. The summed E-state index contributed by atoms with van der Waals surface area (Å²) in [4.78, 5) is 17.7. The SMILES string of the molecule is COS(=O)(=O)[O-].COS(=O)(=O)[O-].C[N+]1(C)CCN(c2nc(N=C3C=NN(CCO)C3=N)c(N)cc2N)CC1.C[N+]1(C)CCN(c2ncc(N)cc2N)CC1.Cl.Cl.Nc1cnn(CCO)c1N. The van der Waals surface area contributed by atoms with Gasteiger partial charge in [0.1, 0.15) is 11.5 Å². The lowest BCUT2D eigenvalue weighted by atomic mass is 10.2.